The van der Waals surface area contributed by atoms with Crippen molar-refractivity contribution in [1.29, 1.82) is 0 Å². The predicted molar refractivity (Wildman–Crippen MR) is 159 cm³/mol. The maximum atomic E-state index is 13.7. The SMILES string of the molecule is CCCCc1ccc(C(=O)N(CCCC)CC(=O)N(CCc2ccc(OC)c(OC)c2)Cc2cccs2)cc1. The second-order valence-electron chi connectivity index (χ2n) is 9.71. The van der Waals surface area contributed by atoms with Crippen LogP contribution in [0.25, 0.3) is 0 Å². The fourth-order valence-electron chi connectivity index (χ4n) is 4.42. The Morgan fingerprint density at radius 1 is 0.795 bits per heavy atom. The van der Waals surface area contributed by atoms with Crippen LogP contribution in [0.5, 0.6) is 11.5 Å². The van der Waals surface area contributed by atoms with Gasteiger partial charge in [-0.25, -0.2) is 0 Å². The van der Waals surface area contributed by atoms with E-state index in [1.807, 2.05) is 64.9 Å². The summed E-state index contributed by atoms with van der Waals surface area (Å²) in [5, 5.41) is 2.02. The molecule has 2 amide bonds. The minimum atomic E-state index is -0.0881. The van der Waals surface area contributed by atoms with Gasteiger partial charge in [-0.2, -0.15) is 0 Å². The number of rotatable bonds is 16. The first kappa shape index (κ1) is 30.2. The van der Waals surface area contributed by atoms with Crippen molar-refractivity contribution in [2.75, 3.05) is 33.9 Å². The molecule has 0 fully saturated rings. The highest BCUT2D eigenvalue weighted by molar-refractivity contribution is 7.09. The summed E-state index contributed by atoms with van der Waals surface area (Å²) in [6.07, 6.45) is 5.76. The fraction of sp³-hybridized carbons (Fsp3) is 0.438. The van der Waals surface area contributed by atoms with Gasteiger partial charge in [-0.1, -0.05) is 51.0 Å². The Morgan fingerprint density at radius 2 is 1.51 bits per heavy atom. The maximum absolute atomic E-state index is 13.7. The number of unbranched alkanes of at least 4 members (excludes halogenated alkanes) is 2. The molecule has 7 heteroatoms. The van der Waals surface area contributed by atoms with Crippen LogP contribution >= 0.6 is 11.3 Å². The highest BCUT2D eigenvalue weighted by Gasteiger charge is 2.23. The normalized spacial score (nSPS) is 10.8. The number of nitrogens with zero attached hydrogens (tertiary/aromatic N) is 2. The van der Waals surface area contributed by atoms with Crippen molar-refractivity contribution in [2.24, 2.45) is 0 Å². The first-order chi connectivity index (χ1) is 19.0. The molecule has 3 rings (SSSR count). The lowest BCUT2D eigenvalue weighted by Gasteiger charge is -2.28. The topological polar surface area (TPSA) is 59.1 Å². The van der Waals surface area contributed by atoms with Crippen molar-refractivity contribution in [3.8, 4) is 11.5 Å². The lowest BCUT2D eigenvalue weighted by atomic mass is 10.1. The van der Waals surface area contributed by atoms with Gasteiger partial charge in [-0.3, -0.25) is 9.59 Å². The largest absolute Gasteiger partial charge is 0.493 e. The molecule has 0 bridgehead atoms. The van der Waals surface area contributed by atoms with Gasteiger partial charge in [-0.05, 0) is 72.5 Å². The van der Waals surface area contributed by atoms with E-state index in [1.54, 1.807) is 30.5 Å². The Labute approximate surface area is 237 Å². The van der Waals surface area contributed by atoms with Crippen LogP contribution in [0.2, 0.25) is 0 Å². The average Bonchev–Trinajstić information content (AvgIpc) is 3.49. The molecular weight excluding hydrogens is 508 g/mol. The van der Waals surface area contributed by atoms with Gasteiger partial charge >= 0.3 is 0 Å². The molecule has 0 saturated carbocycles. The smallest absolute Gasteiger partial charge is 0.254 e. The Morgan fingerprint density at radius 3 is 2.15 bits per heavy atom. The Balaban J connectivity index is 1.74. The monoisotopic (exact) mass is 550 g/mol. The molecule has 3 aromatic rings. The molecule has 0 atom stereocenters. The minimum absolute atomic E-state index is 0.0482. The molecule has 1 heterocycles. The standard InChI is InChI=1S/C32H42N2O4S/c1-5-7-10-25-12-15-27(16-13-25)32(36)34(19-8-6-2)24-31(35)33(23-28-11-9-21-39-28)20-18-26-14-17-29(37-3)30(22-26)38-4/h9,11-17,21-22H,5-8,10,18-20,23-24H2,1-4H3. The van der Waals surface area contributed by atoms with E-state index in [1.165, 1.54) is 5.56 Å². The van der Waals surface area contributed by atoms with Gasteiger partial charge in [0, 0.05) is 23.5 Å². The average molecular weight is 551 g/mol. The number of carbonyl (C=O) groups excluding carboxylic acids is 2. The van der Waals surface area contributed by atoms with Gasteiger partial charge in [0.05, 0.1) is 20.8 Å². The van der Waals surface area contributed by atoms with Crippen LogP contribution in [0.4, 0.5) is 0 Å². The lowest BCUT2D eigenvalue weighted by molar-refractivity contribution is -0.132. The van der Waals surface area contributed by atoms with Crippen molar-refractivity contribution < 1.29 is 19.1 Å². The zero-order valence-corrected chi connectivity index (χ0v) is 24.6. The first-order valence-electron chi connectivity index (χ1n) is 13.9. The van der Waals surface area contributed by atoms with Gasteiger partial charge in [0.15, 0.2) is 11.5 Å². The number of benzene rings is 2. The van der Waals surface area contributed by atoms with E-state index in [-0.39, 0.29) is 18.4 Å². The Hall–Kier alpha value is -3.32. The molecule has 0 aliphatic heterocycles. The summed E-state index contributed by atoms with van der Waals surface area (Å²) in [6, 6.07) is 17.8. The highest BCUT2D eigenvalue weighted by atomic mass is 32.1. The lowest BCUT2D eigenvalue weighted by Crippen LogP contribution is -2.43. The minimum Gasteiger partial charge on any atom is -0.493 e. The highest BCUT2D eigenvalue weighted by Crippen LogP contribution is 2.28. The van der Waals surface area contributed by atoms with E-state index in [9.17, 15) is 9.59 Å². The molecular formula is C32H42N2O4S. The molecule has 0 unspecified atom stereocenters. The van der Waals surface area contributed by atoms with E-state index >= 15 is 0 Å². The fourth-order valence-corrected chi connectivity index (χ4v) is 5.14. The van der Waals surface area contributed by atoms with Gasteiger partial charge in [-0.15, -0.1) is 11.3 Å². The summed E-state index contributed by atoms with van der Waals surface area (Å²) in [5.74, 6) is 1.21. The van der Waals surface area contributed by atoms with Crippen molar-refractivity contribution in [1.82, 2.24) is 9.80 Å². The number of ether oxygens (including phenoxy) is 2. The van der Waals surface area contributed by atoms with Crippen LogP contribution in [0.3, 0.4) is 0 Å². The molecule has 0 saturated heterocycles. The third kappa shape index (κ3) is 9.13. The molecule has 0 aliphatic rings. The van der Waals surface area contributed by atoms with E-state index in [4.69, 9.17) is 9.47 Å². The van der Waals surface area contributed by atoms with E-state index < -0.39 is 0 Å². The number of hydrogen-bond donors (Lipinski definition) is 0. The predicted octanol–water partition coefficient (Wildman–Crippen LogP) is 6.62. The third-order valence-corrected chi connectivity index (χ3v) is 7.67. The molecule has 0 aliphatic carbocycles. The molecule has 210 valence electrons. The zero-order valence-electron chi connectivity index (χ0n) is 23.8. The van der Waals surface area contributed by atoms with Gasteiger partial charge in [0.1, 0.15) is 6.54 Å². The van der Waals surface area contributed by atoms with E-state index in [0.717, 1.165) is 42.5 Å². The van der Waals surface area contributed by atoms with Crippen molar-refractivity contribution in [3.63, 3.8) is 0 Å². The number of amides is 2. The zero-order chi connectivity index (χ0) is 28.0. The third-order valence-electron chi connectivity index (χ3n) is 6.81. The van der Waals surface area contributed by atoms with Crippen molar-refractivity contribution in [3.05, 3.63) is 81.5 Å². The van der Waals surface area contributed by atoms with Crippen LogP contribution in [-0.2, 0) is 24.2 Å². The second kappa shape index (κ2) is 15.9. The van der Waals surface area contributed by atoms with Crippen LogP contribution in [0.15, 0.2) is 60.0 Å². The van der Waals surface area contributed by atoms with Crippen LogP contribution < -0.4 is 9.47 Å². The Kier molecular flexibility index (Phi) is 12.4. The van der Waals surface area contributed by atoms with Crippen molar-refractivity contribution >= 4 is 23.2 Å². The molecule has 0 radical (unpaired) electrons. The van der Waals surface area contributed by atoms with Crippen LogP contribution in [-0.4, -0.2) is 55.5 Å². The summed E-state index contributed by atoms with van der Waals surface area (Å²) in [7, 11) is 3.24. The second-order valence-corrected chi connectivity index (χ2v) is 10.7. The number of carbonyl (C=O) groups is 2. The molecule has 6 nitrogen and oxygen atoms in total. The van der Waals surface area contributed by atoms with Gasteiger partial charge in [0.25, 0.3) is 5.91 Å². The van der Waals surface area contributed by atoms with Gasteiger partial charge < -0.3 is 19.3 Å². The summed E-state index contributed by atoms with van der Waals surface area (Å²) in [5.41, 5.74) is 2.93. The van der Waals surface area contributed by atoms with Crippen molar-refractivity contribution in [2.45, 2.75) is 58.9 Å². The summed E-state index contributed by atoms with van der Waals surface area (Å²) < 4.78 is 10.8. The molecule has 2 aromatic carbocycles. The number of aryl methyl sites for hydroxylation is 1. The summed E-state index contributed by atoms with van der Waals surface area (Å²) in [4.78, 5) is 31.9. The van der Waals surface area contributed by atoms with Gasteiger partial charge in [0.2, 0.25) is 5.91 Å². The first-order valence-corrected chi connectivity index (χ1v) is 14.8. The van der Waals surface area contributed by atoms with E-state index in [2.05, 4.69) is 13.8 Å². The number of hydrogen-bond acceptors (Lipinski definition) is 5. The molecule has 39 heavy (non-hydrogen) atoms. The summed E-state index contributed by atoms with van der Waals surface area (Å²) >= 11 is 1.63. The van der Waals surface area contributed by atoms with Crippen LogP contribution in [0.1, 0.15) is 65.9 Å². The quantitative estimate of drug-likeness (QED) is 0.201. The van der Waals surface area contributed by atoms with Crippen LogP contribution in [0, 0.1) is 0 Å². The maximum Gasteiger partial charge on any atom is 0.254 e. The molecule has 0 N–H and O–H groups in total. The van der Waals surface area contributed by atoms with E-state index in [0.29, 0.717) is 43.1 Å². The Bertz CT molecular complexity index is 1160. The summed E-state index contributed by atoms with van der Waals surface area (Å²) in [6.45, 7) is 5.95. The number of thiophene rings is 1. The molecule has 0 spiro atoms. The number of methoxy groups -OCH3 is 2. The molecule has 1 aromatic heterocycles.